The number of aliphatic hydroxyl groups is 2. The predicted molar refractivity (Wildman–Crippen MR) is 151 cm³/mol. The van der Waals surface area contributed by atoms with Crippen LogP contribution in [0.5, 0.6) is 5.75 Å². The monoisotopic (exact) mass is 657 g/mol. The summed E-state index contributed by atoms with van der Waals surface area (Å²) in [6, 6.07) is 13.2. The lowest BCUT2D eigenvalue weighted by molar-refractivity contribution is -0.274. The van der Waals surface area contributed by atoms with E-state index in [0.29, 0.717) is 22.8 Å². The molecule has 1 saturated heterocycles. The number of nitrogens with zero attached hydrogens (tertiary/aromatic N) is 2. The first-order valence-electron chi connectivity index (χ1n) is 13.1. The van der Waals surface area contributed by atoms with Crippen LogP contribution in [0.4, 0.5) is 23.2 Å². The average molecular weight is 658 g/mol. The highest BCUT2D eigenvalue weighted by molar-refractivity contribution is 6.29. The van der Waals surface area contributed by atoms with Gasteiger partial charge in [-0.1, -0.05) is 29.8 Å². The number of pyridine rings is 1. The fraction of sp³-hybridized carbons (Fsp3) is 0.310. The highest BCUT2D eigenvalue weighted by Crippen LogP contribution is 2.39. The third-order valence-electron chi connectivity index (χ3n) is 6.68. The van der Waals surface area contributed by atoms with Crippen molar-refractivity contribution in [1.29, 1.82) is 0 Å². The second kappa shape index (κ2) is 14.2. The first-order chi connectivity index (χ1) is 20.9. The van der Waals surface area contributed by atoms with Gasteiger partial charge in [0.25, 0.3) is 0 Å². The highest BCUT2D eigenvalue weighted by Gasteiger charge is 2.43. The van der Waals surface area contributed by atoms with Crippen LogP contribution in [-0.4, -0.2) is 67.9 Å². The zero-order chi connectivity index (χ0) is 33.7. The van der Waals surface area contributed by atoms with Crippen LogP contribution in [0, 0.1) is 5.82 Å². The minimum Gasteiger partial charge on any atom is -0.479 e. The lowest BCUT2D eigenvalue weighted by Crippen LogP contribution is -2.47. The van der Waals surface area contributed by atoms with Gasteiger partial charge in [-0.05, 0) is 73.9 Å². The number of anilines is 1. The van der Waals surface area contributed by atoms with Crippen LogP contribution < -0.4 is 15.0 Å². The van der Waals surface area contributed by atoms with Crippen molar-refractivity contribution in [3.63, 3.8) is 0 Å². The minimum atomic E-state index is -4.83. The fourth-order valence-corrected chi connectivity index (χ4v) is 4.63. The molecule has 1 amide bonds. The third kappa shape index (κ3) is 9.34. The second-order valence-corrected chi connectivity index (χ2v) is 10.7. The summed E-state index contributed by atoms with van der Waals surface area (Å²) in [6.45, 7) is 3.79. The van der Waals surface area contributed by atoms with Crippen molar-refractivity contribution >= 4 is 35.1 Å². The molecule has 45 heavy (non-hydrogen) atoms. The summed E-state index contributed by atoms with van der Waals surface area (Å²) in [4.78, 5) is 38.7. The molecular formula is C29H28ClF4N3O8. The number of benzene rings is 2. The smallest absolute Gasteiger partial charge is 0.479 e. The van der Waals surface area contributed by atoms with Crippen LogP contribution in [0.25, 0.3) is 0 Å². The van der Waals surface area contributed by atoms with E-state index in [1.165, 1.54) is 29.2 Å². The Bertz CT molecular complexity index is 1490. The van der Waals surface area contributed by atoms with Crippen molar-refractivity contribution in [2.45, 2.75) is 56.5 Å². The molecule has 242 valence electrons. The molecule has 1 fully saturated rings. The number of hydrogen-bond donors (Lipinski definition) is 5. The van der Waals surface area contributed by atoms with E-state index in [-0.39, 0.29) is 5.91 Å². The Labute approximate surface area is 258 Å². The minimum absolute atomic E-state index is 0.293. The molecule has 1 aliphatic rings. The molecule has 5 N–H and O–H groups in total. The van der Waals surface area contributed by atoms with Gasteiger partial charge >= 0.3 is 18.3 Å². The summed E-state index contributed by atoms with van der Waals surface area (Å²) < 4.78 is 55.6. The molecule has 4 rings (SSSR count). The van der Waals surface area contributed by atoms with Gasteiger partial charge in [-0.3, -0.25) is 10.1 Å². The number of carbonyl (C=O) groups is 3. The zero-order valence-corrected chi connectivity index (χ0v) is 24.3. The predicted octanol–water partition coefficient (Wildman–Crippen LogP) is 4.02. The molecule has 0 bridgehead atoms. The van der Waals surface area contributed by atoms with Crippen molar-refractivity contribution in [3.05, 3.63) is 89.0 Å². The lowest BCUT2D eigenvalue weighted by atomic mass is 9.93. The molecule has 2 aromatic carbocycles. The van der Waals surface area contributed by atoms with Crippen LogP contribution >= 0.6 is 11.6 Å². The molecule has 0 unspecified atom stereocenters. The standard InChI is InChI=1S/C25H22ClF4N3O2.C4H6O6/c1-24(2,16-6-11-22(26)31-14-16)32-20-13-21(15-4-3-5-17(27)12-15)33(23(20)34)18-7-9-19(10-8-18)35-25(28,29)30;5-1(3(7)8)2(6)4(9)10/h3-12,14,20-21,32H,13H2,1-2H3;1-2,5-6H,(H,7,8)(H,9,10)/t20-,21+;1-,2-/m11/s1. The lowest BCUT2D eigenvalue weighted by Gasteiger charge is -2.30. The molecule has 3 aromatic rings. The number of aliphatic hydroxyl groups excluding tert-OH is 2. The molecule has 0 radical (unpaired) electrons. The summed E-state index contributed by atoms with van der Waals surface area (Å²) in [7, 11) is 0. The number of aliphatic carboxylic acids is 2. The number of ether oxygens (including phenoxy) is 1. The largest absolute Gasteiger partial charge is 0.573 e. The SMILES string of the molecule is CC(C)(N[C@@H]1C[C@@H](c2cccc(F)c2)N(c2ccc(OC(F)(F)F)cc2)C1=O)c1ccc(Cl)nc1.O=C(O)[C@H](O)[C@@H](O)C(=O)O. The summed E-state index contributed by atoms with van der Waals surface area (Å²) in [5.74, 6) is -4.68. The summed E-state index contributed by atoms with van der Waals surface area (Å²) in [5, 5.41) is 36.2. The topological polar surface area (TPSA) is 170 Å². The number of nitrogens with one attached hydrogen (secondary N) is 1. The number of carbonyl (C=O) groups excluding carboxylic acids is 1. The van der Waals surface area contributed by atoms with E-state index >= 15 is 0 Å². The van der Waals surface area contributed by atoms with Crippen molar-refractivity contribution in [1.82, 2.24) is 10.3 Å². The van der Waals surface area contributed by atoms with E-state index in [1.54, 1.807) is 24.4 Å². The van der Waals surface area contributed by atoms with E-state index in [9.17, 15) is 31.9 Å². The van der Waals surface area contributed by atoms with Crippen LogP contribution in [0.1, 0.15) is 37.4 Å². The Hall–Kier alpha value is -4.31. The van der Waals surface area contributed by atoms with Gasteiger partial charge in [0, 0.05) is 17.4 Å². The molecule has 0 spiro atoms. The van der Waals surface area contributed by atoms with E-state index < -0.39 is 59.7 Å². The van der Waals surface area contributed by atoms with Gasteiger partial charge < -0.3 is 30.1 Å². The van der Waals surface area contributed by atoms with Gasteiger partial charge in [-0.2, -0.15) is 0 Å². The molecule has 4 atom stereocenters. The van der Waals surface area contributed by atoms with Crippen molar-refractivity contribution in [2.24, 2.45) is 0 Å². The maximum Gasteiger partial charge on any atom is 0.573 e. The number of rotatable bonds is 9. The number of carboxylic acids is 2. The number of aromatic nitrogens is 1. The Kier molecular flexibility index (Phi) is 11.1. The zero-order valence-electron chi connectivity index (χ0n) is 23.6. The molecule has 11 nitrogen and oxygen atoms in total. The number of carboxylic acid groups (broad SMARTS) is 2. The average Bonchev–Trinajstić information content (AvgIpc) is 3.27. The van der Waals surface area contributed by atoms with Gasteiger partial charge in [-0.15, -0.1) is 13.2 Å². The summed E-state index contributed by atoms with van der Waals surface area (Å²) in [6.07, 6.45) is -7.43. The number of amides is 1. The number of halogens is 5. The molecule has 1 aliphatic heterocycles. The van der Waals surface area contributed by atoms with E-state index in [4.69, 9.17) is 32.0 Å². The Morgan fingerprint density at radius 2 is 1.62 bits per heavy atom. The number of alkyl halides is 3. The Morgan fingerprint density at radius 1 is 1.02 bits per heavy atom. The maximum absolute atomic E-state index is 14.0. The van der Waals surface area contributed by atoms with E-state index in [0.717, 1.165) is 17.7 Å². The van der Waals surface area contributed by atoms with Gasteiger partial charge in [-0.25, -0.2) is 19.0 Å². The molecule has 0 saturated carbocycles. The fourth-order valence-electron chi connectivity index (χ4n) is 4.52. The Balaban J connectivity index is 0.000000477. The van der Waals surface area contributed by atoms with E-state index in [2.05, 4.69) is 15.0 Å². The molecule has 2 heterocycles. The summed E-state index contributed by atoms with van der Waals surface area (Å²) >= 11 is 5.89. The summed E-state index contributed by atoms with van der Waals surface area (Å²) in [5.41, 5.74) is 1.09. The first kappa shape index (κ1) is 35.2. The van der Waals surface area contributed by atoms with Gasteiger partial charge in [0.05, 0.1) is 12.1 Å². The Morgan fingerprint density at radius 3 is 2.11 bits per heavy atom. The molecule has 0 aliphatic carbocycles. The van der Waals surface area contributed by atoms with Crippen molar-refractivity contribution in [3.8, 4) is 5.75 Å². The number of hydrogen-bond acceptors (Lipinski definition) is 8. The third-order valence-corrected chi connectivity index (χ3v) is 6.90. The van der Waals surface area contributed by atoms with Gasteiger partial charge in [0.2, 0.25) is 5.91 Å². The van der Waals surface area contributed by atoms with E-state index in [1.807, 2.05) is 19.9 Å². The van der Waals surface area contributed by atoms with Crippen LogP contribution in [-0.2, 0) is 19.9 Å². The molecule has 1 aromatic heterocycles. The quantitative estimate of drug-likeness (QED) is 0.167. The molecular weight excluding hydrogens is 630 g/mol. The molecule has 16 heteroatoms. The second-order valence-electron chi connectivity index (χ2n) is 10.3. The first-order valence-corrected chi connectivity index (χ1v) is 13.4. The van der Waals surface area contributed by atoms with Crippen LogP contribution in [0.2, 0.25) is 5.15 Å². The normalized spacial score (nSPS) is 18.1. The highest BCUT2D eigenvalue weighted by atomic mass is 35.5. The maximum atomic E-state index is 14.0. The van der Waals surface area contributed by atoms with Crippen molar-refractivity contribution < 1.29 is 57.1 Å². The van der Waals surface area contributed by atoms with Crippen molar-refractivity contribution in [2.75, 3.05) is 4.90 Å². The van der Waals surface area contributed by atoms with Gasteiger partial charge in [0.1, 0.15) is 16.7 Å². The van der Waals surface area contributed by atoms with Crippen LogP contribution in [0.3, 0.4) is 0 Å². The van der Waals surface area contributed by atoms with Gasteiger partial charge in [0.15, 0.2) is 12.2 Å². The van der Waals surface area contributed by atoms with Crippen LogP contribution in [0.15, 0.2) is 66.9 Å².